The number of carbonyl (C=O) groups is 2. The molecule has 1 atom stereocenters. The minimum Gasteiger partial charge on any atom is -0.462 e. The van der Waals surface area contributed by atoms with Crippen LogP contribution >= 0.6 is 0 Å². The lowest BCUT2D eigenvalue weighted by Crippen LogP contribution is -2.30. The maximum atomic E-state index is 12.9. The molecule has 0 spiro atoms. The van der Waals surface area contributed by atoms with Crippen molar-refractivity contribution in [1.82, 2.24) is 0 Å². The Hall–Kier alpha value is -1.62. The molecular formula is C61H116O5. The van der Waals surface area contributed by atoms with Gasteiger partial charge >= 0.3 is 11.9 Å². The fourth-order valence-electron chi connectivity index (χ4n) is 8.97. The van der Waals surface area contributed by atoms with Crippen LogP contribution in [0.3, 0.4) is 0 Å². The molecule has 0 aliphatic rings. The quantitative estimate of drug-likeness (QED) is 0.0345. The van der Waals surface area contributed by atoms with Gasteiger partial charge in [-0.3, -0.25) is 9.59 Å². The van der Waals surface area contributed by atoms with Crippen molar-refractivity contribution in [3.8, 4) is 0 Å². The summed E-state index contributed by atoms with van der Waals surface area (Å²) in [4.78, 5) is 25.5. The molecule has 0 aromatic heterocycles. The van der Waals surface area contributed by atoms with Crippen LogP contribution in [0.25, 0.3) is 0 Å². The predicted molar refractivity (Wildman–Crippen MR) is 289 cm³/mol. The normalized spacial score (nSPS) is 12.2. The van der Waals surface area contributed by atoms with Crippen molar-refractivity contribution in [1.29, 1.82) is 0 Å². The van der Waals surface area contributed by atoms with Gasteiger partial charge in [0.1, 0.15) is 6.61 Å². The minimum atomic E-state index is -0.533. The Bertz CT molecular complexity index is 1010. The molecule has 0 aliphatic carbocycles. The van der Waals surface area contributed by atoms with E-state index < -0.39 is 6.10 Å². The van der Waals surface area contributed by atoms with E-state index in [4.69, 9.17) is 14.2 Å². The van der Waals surface area contributed by atoms with Gasteiger partial charge in [-0.05, 0) is 70.6 Å². The lowest BCUT2D eigenvalue weighted by Gasteiger charge is -2.18. The number of hydrogen-bond donors (Lipinski definition) is 0. The molecule has 0 unspecified atom stereocenters. The summed E-state index contributed by atoms with van der Waals surface area (Å²) in [5.74, 6) is -0.382. The number of hydrogen-bond acceptors (Lipinski definition) is 5. The zero-order chi connectivity index (χ0) is 47.7. The van der Waals surface area contributed by atoms with Gasteiger partial charge in [0, 0.05) is 19.4 Å². The summed E-state index contributed by atoms with van der Waals surface area (Å²) < 4.78 is 17.5. The number of rotatable bonds is 56. The first-order valence-corrected chi connectivity index (χ1v) is 29.9. The van der Waals surface area contributed by atoms with Gasteiger partial charge in [0.2, 0.25) is 0 Å². The summed E-state index contributed by atoms with van der Waals surface area (Å²) in [7, 11) is 0. The van der Waals surface area contributed by atoms with Gasteiger partial charge in [-0.2, -0.15) is 0 Å². The van der Waals surface area contributed by atoms with Crippen molar-refractivity contribution in [2.75, 3.05) is 19.8 Å². The highest BCUT2D eigenvalue weighted by atomic mass is 16.6. The standard InChI is InChI=1S/C61H116O5/c1-4-7-10-13-16-19-22-25-28-30-31-32-34-36-39-42-45-48-51-54-60(62)65-58-59(57-64-56-53-50-47-44-41-38-35-29-26-23-20-17-14-11-8-5-2)66-61(63)55-52-49-46-43-40-37-33-27-24-21-18-15-12-9-6-3/h21,24-25,28,59H,4-20,22-23,26-27,29-58H2,1-3H3/b24-21-,28-25-/t59-/m1/s1. The predicted octanol–water partition coefficient (Wildman–Crippen LogP) is 20.4. The van der Waals surface area contributed by atoms with E-state index in [1.165, 1.54) is 263 Å². The Kier molecular flexibility index (Phi) is 56.3. The second kappa shape index (κ2) is 57.7. The molecule has 0 N–H and O–H groups in total. The van der Waals surface area contributed by atoms with Crippen molar-refractivity contribution < 1.29 is 23.8 Å². The third-order valence-corrected chi connectivity index (χ3v) is 13.5. The van der Waals surface area contributed by atoms with Gasteiger partial charge in [-0.25, -0.2) is 0 Å². The Morgan fingerprint density at radius 2 is 0.591 bits per heavy atom. The second-order valence-electron chi connectivity index (χ2n) is 20.3. The monoisotopic (exact) mass is 929 g/mol. The van der Waals surface area contributed by atoms with E-state index >= 15 is 0 Å². The molecule has 0 saturated carbocycles. The number of unbranched alkanes of at least 4 members (excludes halogenated alkanes) is 41. The number of carbonyl (C=O) groups excluding carboxylic acids is 2. The van der Waals surface area contributed by atoms with Crippen molar-refractivity contribution in [3.63, 3.8) is 0 Å². The molecule has 0 radical (unpaired) electrons. The topological polar surface area (TPSA) is 61.8 Å². The summed E-state index contributed by atoms with van der Waals surface area (Å²) in [6, 6.07) is 0. The average Bonchev–Trinajstić information content (AvgIpc) is 3.32. The third kappa shape index (κ3) is 55.0. The SMILES string of the molecule is CCCCCC/C=C\CCCCCCCCCC(=O)O[C@H](COCCCCCCCCCCCCCCCCCC)COC(=O)CCCCCCCCCCC/C=C\CCCCCCCC. The van der Waals surface area contributed by atoms with Crippen LogP contribution in [0.4, 0.5) is 0 Å². The average molecular weight is 930 g/mol. The van der Waals surface area contributed by atoms with Gasteiger partial charge in [-0.1, -0.05) is 270 Å². The van der Waals surface area contributed by atoms with Crippen LogP contribution < -0.4 is 0 Å². The van der Waals surface area contributed by atoms with Crippen LogP contribution in [0.2, 0.25) is 0 Å². The molecule has 0 fully saturated rings. The Morgan fingerprint density at radius 1 is 0.318 bits per heavy atom. The lowest BCUT2D eigenvalue weighted by atomic mass is 10.0. The zero-order valence-corrected chi connectivity index (χ0v) is 45.0. The first-order chi connectivity index (χ1) is 32.6. The molecule has 0 amide bonds. The van der Waals surface area contributed by atoms with Crippen LogP contribution in [0.15, 0.2) is 24.3 Å². The molecule has 66 heavy (non-hydrogen) atoms. The summed E-state index contributed by atoms with van der Waals surface area (Å²) in [5.41, 5.74) is 0. The van der Waals surface area contributed by atoms with E-state index in [-0.39, 0.29) is 18.5 Å². The van der Waals surface area contributed by atoms with Crippen LogP contribution in [-0.2, 0) is 23.8 Å². The number of allylic oxidation sites excluding steroid dienone is 4. The molecule has 0 aromatic carbocycles. The van der Waals surface area contributed by atoms with Gasteiger partial charge in [0.05, 0.1) is 6.61 Å². The van der Waals surface area contributed by atoms with E-state index in [0.717, 1.165) is 32.1 Å². The third-order valence-electron chi connectivity index (χ3n) is 13.5. The molecule has 0 saturated heterocycles. The number of ether oxygens (including phenoxy) is 3. The first-order valence-electron chi connectivity index (χ1n) is 29.9. The van der Waals surface area contributed by atoms with E-state index in [1.54, 1.807) is 0 Å². The second-order valence-corrected chi connectivity index (χ2v) is 20.3. The lowest BCUT2D eigenvalue weighted by molar-refractivity contribution is -0.163. The van der Waals surface area contributed by atoms with Crippen molar-refractivity contribution in [2.24, 2.45) is 0 Å². The largest absolute Gasteiger partial charge is 0.462 e. The van der Waals surface area contributed by atoms with Crippen molar-refractivity contribution in [3.05, 3.63) is 24.3 Å². The van der Waals surface area contributed by atoms with Gasteiger partial charge < -0.3 is 14.2 Å². The Labute approximate surface area is 413 Å². The maximum absolute atomic E-state index is 12.9. The highest BCUT2D eigenvalue weighted by Gasteiger charge is 2.17. The van der Waals surface area contributed by atoms with E-state index in [9.17, 15) is 9.59 Å². The molecule has 0 aromatic rings. The first kappa shape index (κ1) is 64.4. The highest BCUT2D eigenvalue weighted by molar-refractivity contribution is 5.70. The highest BCUT2D eigenvalue weighted by Crippen LogP contribution is 2.17. The van der Waals surface area contributed by atoms with Crippen LogP contribution in [0, 0.1) is 0 Å². The smallest absolute Gasteiger partial charge is 0.306 e. The van der Waals surface area contributed by atoms with Gasteiger partial charge in [0.15, 0.2) is 6.10 Å². The summed E-state index contributed by atoms with van der Waals surface area (Å²) in [6.45, 7) is 7.88. The molecule has 390 valence electrons. The summed E-state index contributed by atoms with van der Waals surface area (Å²) in [6.07, 6.45) is 69.1. The van der Waals surface area contributed by atoms with Crippen LogP contribution in [-0.4, -0.2) is 37.9 Å². The van der Waals surface area contributed by atoms with Crippen LogP contribution in [0.5, 0.6) is 0 Å². The minimum absolute atomic E-state index is 0.0898. The molecule has 0 heterocycles. The fourth-order valence-corrected chi connectivity index (χ4v) is 8.97. The van der Waals surface area contributed by atoms with Crippen LogP contribution in [0.1, 0.15) is 329 Å². The van der Waals surface area contributed by atoms with Crippen molar-refractivity contribution in [2.45, 2.75) is 335 Å². The summed E-state index contributed by atoms with van der Waals surface area (Å²) in [5, 5.41) is 0. The summed E-state index contributed by atoms with van der Waals surface area (Å²) >= 11 is 0. The van der Waals surface area contributed by atoms with E-state index in [2.05, 4.69) is 45.1 Å². The maximum Gasteiger partial charge on any atom is 0.306 e. The fraction of sp³-hybridized carbons (Fsp3) is 0.902. The Morgan fingerprint density at radius 3 is 0.939 bits per heavy atom. The molecule has 0 bridgehead atoms. The van der Waals surface area contributed by atoms with Gasteiger partial charge in [-0.15, -0.1) is 0 Å². The van der Waals surface area contributed by atoms with Crippen molar-refractivity contribution >= 4 is 11.9 Å². The zero-order valence-electron chi connectivity index (χ0n) is 45.0. The number of esters is 2. The molecule has 0 rings (SSSR count). The van der Waals surface area contributed by atoms with E-state index in [1.807, 2.05) is 0 Å². The van der Waals surface area contributed by atoms with E-state index in [0.29, 0.717) is 26.1 Å². The molecule has 5 nitrogen and oxygen atoms in total. The molecular weight excluding hydrogens is 813 g/mol. The van der Waals surface area contributed by atoms with Gasteiger partial charge in [0.25, 0.3) is 0 Å². The Balaban J connectivity index is 4.21. The molecule has 0 aliphatic heterocycles. The molecule has 5 heteroatoms.